The number of carboxylic acid groups (broad SMARTS) is 4. The number of allylic oxidation sites excluding steroid dienone is 5. The van der Waals surface area contributed by atoms with E-state index in [1.54, 1.807) is 31.2 Å². The van der Waals surface area contributed by atoms with Crippen LogP contribution in [0, 0.1) is 19.8 Å². The Morgan fingerprint density at radius 2 is 1.42 bits per heavy atom. The maximum atomic E-state index is 12.9. The average molecular weight is 677 g/mol. The number of nitrogens with zero attached hydrogens (tertiary/aromatic N) is 2. The van der Waals surface area contributed by atoms with Crippen molar-refractivity contribution in [2.24, 2.45) is 5.92 Å². The average Bonchev–Trinajstić information content (AvgIpc) is 3.69. The van der Waals surface area contributed by atoms with Crippen LogP contribution >= 0.6 is 0 Å². The number of fused-ring (bicyclic) bond motifs is 11. The van der Waals surface area contributed by atoms with Crippen molar-refractivity contribution >= 4 is 68.7 Å². The number of H-pyrrole nitrogens is 2. The number of rotatable bonds is 9. The predicted molar refractivity (Wildman–Crippen MR) is 188 cm³/mol. The number of aliphatic carboxylic acids is 4. The molecule has 3 aromatic heterocycles. The van der Waals surface area contributed by atoms with E-state index < -0.39 is 35.2 Å². The van der Waals surface area contributed by atoms with E-state index in [9.17, 15) is 39.6 Å². The molecule has 0 saturated carbocycles. The Bertz CT molecular complexity index is 2320. The Morgan fingerprint density at radius 1 is 0.800 bits per heavy atom. The van der Waals surface area contributed by atoms with Gasteiger partial charge in [-0.15, -0.1) is 0 Å². The first kappa shape index (κ1) is 33.8. The molecule has 0 fully saturated rings. The first-order valence-electron chi connectivity index (χ1n) is 16.1. The van der Waals surface area contributed by atoms with Gasteiger partial charge in [-0.1, -0.05) is 24.8 Å². The molecule has 5 heterocycles. The van der Waals surface area contributed by atoms with Gasteiger partial charge in [0.25, 0.3) is 0 Å². The van der Waals surface area contributed by atoms with Gasteiger partial charge in [0.1, 0.15) is 5.92 Å². The molecule has 0 unspecified atom stereocenters. The van der Waals surface area contributed by atoms with Crippen molar-refractivity contribution in [3.8, 4) is 0 Å². The summed E-state index contributed by atoms with van der Waals surface area (Å²) in [5, 5.41) is 39.7. The van der Waals surface area contributed by atoms with Crippen LogP contribution in [0.2, 0.25) is 0 Å². The van der Waals surface area contributed by atoms with E-state index in [4.69, 9.17) is 9.97 Å². The van der Waals surface area contributed by atoms with E-state index in [1.807, 2.05) is 32.9 Å². The lowest BCUT2D eigenvalue weighted by molar-refractivity contribution is -0.145. The van der Waals surface area contributed by atoms with Gasteiger partial charge in [0.15, 0.2) is 0 Å². The minimum Gasteiger partial charge on any atom is -0.481 e. The zero-order chi connectivity index (χ0) is 36.2. The van der Waals surface area contributed by atoms with Crippen LogP contribution in [0.25, 0.3) is 44.9 Å². The third-order valence-corrected chi connectivity index (χ3v) is 10.1. The van der Waals surface area contributed by atoms with Crippen LogP contribution in [0.4, 0.5) is 0 Å². The van der Waals surface area contributed by atoms with Gasteiger partial charge in [-0.05, 0) is 98.2 Å². The van der Waals surface area contributed by atoms with E-state index in [2.05, 4.69) is 16.5 Å². The summed E-state index contributed by atoms with van der Waals surface area (Å²) in [5.41, 5.74) is 7.83. The van der Waals surface area contributed by atoms with Crippen molar-refractivity contribution in [3.63, 3.8) is 0 Å². The van der Waals surface area contributed by atoms with Crippen molar-refractivity contribution in [1.29, 1.82) is 0 Å². The molecule has 12 heteroatoms. The fourth-order valence-electron chi connectivity index (χ4n) is 7.38. The predicted octanol–water partition coefficient (Wildman–Crippen LogP) is 6.45. The highest BCUT2D eigenvalue weighted by molar-refractivity contribution is 6.01. The van der Waals surface area contributed by atoms with Crippen molar-refractivity contribution < 1.29 is 39.6 Å². The molecule has 50 heavy (non-hydrogen) atoms. The number of aromatic amines is 2. The molecule has 0 saturated heterocycles. The van der Waals surface area contributed by atoms with E-state index in [0.29, 0.717) is 61.5 Å². The Hall–Kier alpha value is -6.04. The second-order valence-electron chi connectivity index (χ2n) is 13.0. The Morgan fingerprint density at radius 3 is 2.06 bits per heavy atom. The molecule has 8 bridgehead atoms. The molecule has 0 spiro atoms. The van der Waals surface area contributed by atoms with Crippen LogP contribution in [-0.4, -0.2) is 64.2 Å². The lowest BCUT2D eigenvalue weighted by Gasteiger charge is -2.35. The van der Waals surface area contributed by atoms with Gasteiger partial charge in [-0.3, -0.25) is 19.4 Å². The lowest BCUT2D eigenvalue weighted by Crippen LogP contribution is -2.41. The number of carbonyl (C=O) groups is 4. The minimum atomic E-state index is -1.47. The smallest absolute Gasteiger partial charge is 0.332 e. The quantitative estimate of drug-likeness (QED) is 0.146. The zero-order valence-electron chi connectivity index (χ0n) is 28.0. The van der Waals surface area contributed by atoms with Crippen LogP contribution in [0.1, 0.15) is 78.1 Å². The van der Waals surface area contributed by atoms with Gasteiger partial charge in [0.05, 0.1) is 33.8 Å². The Balaban J connectivity index is 1.79. The molecular weight excluding hydrogens is 640 g/mol. The summed E-state index contributed by atoms with van der Waals surface area (Å²) in [7, 11) is 0. The second kappa shape index (κ2) is 12.4. The number of hydrogen-bond donors (Lipinski definition) is 6. The summed E-state index contributed by atoms with van der Waals surface area (Å²) < 4.78 is 0. The summed E-state index contributed by atoms with van der Waals surface area (Å²) in [5.74, 6) is -6.08. The number of aromatic nitrogens is 4. The van der Waals surface area contributed by atoms with Gasteiger partial charge in [-0.2, -0.15) is 0 Å². The van der Waals surface area contributed by atoms with Gasteiger partial charge in [-0.25, -0.2) is 9.78 Å². The summed E-state index contributed by atoms with van der Waals surface area (Å²) >= 11 is 0. The molecule has 0 amide bonds. The molecule has 2 aliphatic heterocycles. The van der Waals surface area contributed by atoms with E-state index >= 15 is 0 Å². The van der Waals surface area contributed by atoms with Crippen LogP contribution in [0.5, 0.6) is 0 Å². The van der Waals surface area contributed by atoms with Crippen LogP contribution < -0.4 is 0 Å². The van der Waals surface area contributed by atoms with Gasteiger partial charge in [0, 0.05) is 40.5 Å². The van der Waals surface area contributed by atoms with Gasteiger partial charge >= 0.3 is 23.9 Å². The van der Waals surface area contributed by atoms with Crippen LogP contribution in [-0.2, 0) is 31.0 Å². The van der Waals surface area contributed by atoms with Crippen molar-refractivity contribution in [2.45, 2.75) is 58.8 Å². The van der Waals surface area contributed by atoms with Crippen LogP contribution in [0.3, 0.4) is 0 Å². The molecule has 0 radical (unpaired) electrons. The molecular formula is C38H36N4O8. The van der Waals surface area contributed by atoms with E-state index in [0.717, 1.165) is 22.3 Å². The van der Waals surface area contributed by atoms with Crippen molar-refractivity contribution in [1.82, 2.24) is 19.9 Å². The number of carboxylic acids is 4. The van der Waals surface area contributed by atoms with E-state index in [-0.39, 0.29) is 31.3 Å². The molecule has 6 N–H and O–H groups in total. The third kappa shape index (κ3) is 5.52. The normalized spacial score (nSPS) is 18.3. The fourth-order valence-corrected chi connectivity index (χ4v) is 7.38. The van der Waals surface area contributed by atoms with Crippen LogP contribution in [0.15, 0.2) is 48.6 Å². The van der Waals surface area contributed by atoms with E-state index in [1.165, 1.54) is 6.08 Å². The minimum absolute atomic E-state index is 0.121. The monoisotopic (exact) mass is 676 g/mol. The highest BCUT2D eigenvalue weighted by Crippen LogP contribution is 2.52. The molecule has 3 aromatic rings. The summed E-state index contributed by atoms with van der Waals surface area (Å²) in [4.78, 5) is 65.3. The highest BCUT2D eigenvalue weighted by atomic mass is 16.4. The van der Waals surface area contributed by atoms with Gasteiger partial charge in [0.2, 0.25) is 0 Å². The maximum absolute atomic E-state index is 12.9. The van der Waals surface area contributed by atoms with Crippen molar-refractivity contribution in [3.05, 3.63) is 93.6 Å². The fraction of sp³-hybridized carbons (Fsp3) is 0.263. The van der Waals surface area contributed by atoms with Gasteiger partial charge < -0.3 is 30.4 Å². The standard InChI is InChI=1S/C38H36N4O8/c1-6-20-17(2)26-14-31-24-10-7-23(36(47)48)35(37(49)50)38(24,5)32(42-31)16-27-19(4)22(9-12-34(45)46)30(41-27)15-29-21(8-11-33(43)44)18(3)25(40-29)13-28(20)39-26/h6-7,10,13-16,35,39,41H,1,8-9,11-12H2,2-5H3,(H,43,44)(H,45,46)(H,47,48)(H,49,50)/t35-,38+/m1/s1. The lowest BCUT2D eigenvalue weighted by atomic mass is 9.64. The Kier molecular flexibility index (Phi) is 8.42. The summed E-state index contributed by atoms with van der Waals surface area (Å²) in [6.45, 7) is 11.3. The third-order valence-electron chi connectivity index (χ3n) is 10.1. The maximum Gasteiger partial charge on any atom is 0.332 e. The largest absolute Gasteiger partial charge is 0.481 e. The summed E-state index contributed by atoms with van der Waals surface area (Å²) in [6.07, 6.45) is 4.74. The molecule has 3 aliphatic rings. The molecule has 0 aromatic carbocycles. The zero-order valence-corrected chi connectivity index (χ0v) is 28.0. The highest BCUT2D eigenvalue weighted by Gasteiger charge is 2.53. The molecule has 12 nitrogen and oxygen atoms in total. The SMILES string of the molecule is C=Cc1c(C)c2cc3nc(cc4[nH]c(cc5nc(cc1[nH]2)C(C)=C5CCC(=O)O)c(CCC(=O)O)c4C)[C@]1(C)C3=CC=C(C(=O)O)[C@@H]1C(=O)O. The molecule has 6 rings (SSSR count). The first-order valence-corrected chi connectivity index (χ1v) is 16.1. The first-order chi connectivity index (χ1) is 23.6. The Labute approximate surface area is 286 Å². The number of nitrogens with one attached hydrogen (secondary N) is 2. The van der Waals surface area contributed by atoms with Crippen molar-refractivity contribution in [2.75, 3.05) is 0 Å². The number of aryl methyl sites for hydroxylation is 3. The second-order valence-corrected chi connectivity index (χ2v) is 13.0. The molecule has 256 valence electrons. The summed E-state index contributed by atoms with van der Waals surface area (Å²) in [6, 6.07) is 7.17. The molecule has 2 atom stereocenters. The molecule has 1 aliphatic carbocycles. The topological polar surface area (TPSA) is 207 Å². The number of hydrogen-bond acceptors (Lipinski definition) is 6.